The number of nitrogens with one attached hydrogen (secondary N) is 2. The second-order valence-corrected chi connectivity index (χ2v) is 5.02. The molecule has 2 aromatic rings. The lowest BCUT2D eigenvalue weighted by atomic mass is 10.1. The first-order valence-corrected chi connectivity index (χ1v) is 6.93. The second kappa shape index (κ2) is 8.78. The molecule has 0 saturated carbocycles. The summed E-state index contributed by atoms with van der Waals surface area (Å²) in [6, 6.07) is 7.87. The Kier molecular flexibility index (Phi) is 7.38. The number of aromatic nitrogens is 2. The van der Waals surface area contributed by atoms with Crippen LogP contribution in [0.25, 0.3) is 5.69 Å². The number of carbonyl (C=O) groups excluding carboxylic acids is 1. The van der Waals surface area contributed by atoms with E-state index in [0.29, 0.717) is 5.56 Å². The van der Waals surface area contributed by atoms with Gasteiger partial charge in [0.15, 0.2) is 0 Å². The van der Waals surface area contributed by atoms with Gasteiger partial charge in [0.1, 0.15) is 0 Å². The van der Waals surface area contributed by atoms with E-state index in [-0.39, 0.29) is 36.8 Å². The number of nitrogens with zero attached hydrogens (tertiary/aromatic N) is 2. The average molecular weight is 343 g/mol. The lowest BCUT2D eigenvalue weighted by Gasteiger charge is -2.23. The van der Waals surface area contributed by atoms with Crippen LogP contribution in [0.3, 0.4) is 0 Å². The number of piperidine rings is 1. The van der Waals surface area contributed by atoms with E-state index in [1.165, 1.54) is 0 Å². The highest BCUT2D eigenvalue weighted by molar-refractivity contribution is 5.94. The van der Waals surface area contributed by atoms with Crippen LogP contribution in [0, 0.1) is 0 Å². The van der Waals surface area contributed by atoms with Crippen molar-refractivity contribution in [2.24, 2.45) is 0 Å². The Morgan fingerprint density at radius 3 is 2.73 bits per heavy atom. The molecule has 0 radical (unpaired) electrons. The molecule has 0 unspecified atom stereocenters. The topological polar surface area (TPSA) is 59.0 Å². The molecule has 0 spiro atoms. The normalized spacial score (nSPS) is 14.5. The zero-order valence-electron chi connectivity index (χ0n) is 12.1. The Morgan fingerprint density at radius 2 is 2.05 bits per heavy atom. The van der Waals surface area contributed by atoms with Crippen LogP contribution < -0.4 is 10.6 Å². The first kappa shape index (κ1) is 18.5. The number of rotatable bonds is 3. The summed E-state index contributed by atoms with van der Waals surface area (Å²) in [5.41, 5.74) is 1.63. The third kappa shape index (κ3) is 4.47. The number of hydrogen-bond donors (Lipinski definition) is 2. The van der Waals surface area contributed by atoms with Crippen molar-refractivity contribution >= 4 is 30.7 Å². The van der Waals surface area contributed by atoms with Gasteiger partial charge < -0.3 is 15.2 Å². The number of amides is 1. The standard InChI is InChI=1S/C15H18N4O.2ClH/c20-15(18-13-4-6-16-7-5-13)12-2-1-3-14(10-12)19-9-8-17-11-19;;/h1-3,8-11,13,16H,4-7H2,(H,18,20);2*1H. The highest BCUT2D eigenvalue weighted by Crippen LogP contribution is 2.11. The highest BCUT2D eigenvalue weighted by Gasteiger charge is 2.16. The number of imidazole rings is 1. The SMILES string of the molecule is Cl.Cl.O=C(NC1CCNCC1)c1cccc(-n2ccnc2)c1. The molecule has 2 heterocycles. The van der Waals surface area contributed by atoms with Gasteiger partial charge in [0, 0.05) is 29.7 Å². The molecular formula is C15H20Cl2N4O. The summed E-state index contributed by atoms with van der Waals surface area (Å²) in [5, 5.41) is 6.40. The van der Waals surface area contributed by atoms with Crippen LogP contribution in [-0.4, -0.2) is 34.6 Å². The quantitative estimate of drug-likeness (QED) is 0.898. The van der Waals surface area contributed by atoms with Crippen LogP contribution in [0.15, 0.2) is 43.0 Å². The van der Waals surface area contributed by atoms with Crippen molar-refractivity contribution in [3.05, 3.63) is 48.5 Å². The summed E-state index contributed by atoms with van der Waals surface area (Å²) in [4.78, 5) is 16.3. The van der Waals surface area contributed by atoms with Crippen molar-refractivity contribution in [1.29, 1.82) is 0 Å². The van der Waals surface area contributed by atoms with E-state index in [1.807, 2.05) is 35.0 Å². The Hall–Kier alpha value is -1.56. The van der Waals surface area contributed by atoms with Crippen LogP contribution in [0.4, 0.5) is 0 Å². The fraction of sp³-hybridized carbons (Fsp3) is 0.333. The average Bonchev–Trinajstić information content (AvgIpc) is 3.03. The van der Waals surface area contributed by atoms with Gasteiger partial charge in [0.25, 0.3) is 5.91 Å². The predicted octanol–water partition coefficient (Wildman–Crippen LogP) is 2.20. The molecule has 1 aromatic heterocycles. The minimum atomic E-state index is -0.00105. The van der Waals surface area contributed by atoms with Crippen molar-refractivity contribution < 1.29 is 4.79 Å². The van der Waals surface area contributed by atoms with Crippen LogP contribution in [0.2, 0.25) is 0 Å². The van der Waals surface area contributed by atoms with Crippen molar-refractivity contribution in [2.75, 3.05) is 13.1 Å². The summed E-state index contributed by atoms with van der Waals surface area (Å²) in [5.74, 6) is -0.00105. The minimum Gasteiger partial charge on any atom is -0.349 e. The molecule has 22 heavy (non-hydrogen) atoms. The molecule has 1 fully saturated rings. The molecule has 0 bridgehead atoms. The van der Waals surface area contributed by atoms with Crippen LogP contribution in [0.1, 0.15) is 23.2 Å². The molecule has 0 aliphatic carbocycles. The predicted molar refractivity (Wildman–Crippen MR) is 91.4 cm³/mol. The molecule has 3 rings (SSSR count). The first-order chi connectivity index (χ1) is 9.83. The Morgan fingerprint density at radius 1 is 1.27 bits per heavy atom. The molecule has 1 amide bonds. The van der Waals surface area contributed by atoms with E-state index in [2.05, 4.69) is 15.6 Å². The molecule has 2 N–H and O–H groups in total. The number of hydrogen-bond acceptors (Lipinski definition) is 3. The van der Waals surface area contributed by atoms with Crippen LogP contribution in [0.5, 0.6) is 0 Å². The smallest absolute Gasteiger partial charge is 0.251 e. The molecule has 5 nitrogen and oxygen atoms in total. The first-order valence-electron chi connectivity index (χ1n) is 6.93. The van der Waals surface area contributed by atoms with Gasteiger partial charge in [-0.3, -0.25) is 4.79 Å². The Bertz CT molecular complexity index is 583. The third-order valence-corrected chi connectivity index (χ3v) is 3.59. The number of benzene rings is 1. The lowest BCUT2D eigenvalue weighted by Crippen LogP contribution is -2.42. The molecule has 1 aliphatic heterocycles. The summed E-state index contributed by atoms with van der Waals surface area (Å²) in [6.45, 7) is 1.94. The van der Waals surface area contributed by atoms with Gasteiger partial charge >= 0.3 is 0 Å². The fourth-order valence-electron chi connectivity index (χ4n) is 2.45. The van der Waals surface area contributed by atoms with Crippen LogP contribution >= 0.6 is 24.8 Å². The number of carbonyl (C=O) groups is 1. The van der Waals surface area contributed by atoms with Crippen molar-refractivity contribution in [3.63, 3.8) is 0 Å². The Labute approximate surface area is 142 Å². The molecule has 1 aliphatic rings. The van der Waals surface area contributed by atoms with Gasteiger partial charge in [-0.15, -0.1) is 24.8 Å². The van der Waals surface area contributed by atoms with Crippen molar-refractivity contribution in [3.8, 4) is 5.69 Å². The van der Waals surface area contributed by atoms with Gasteiger partial charge in [-0.05, 0) is 44.1 Å². The zero-order valence-corrected chi connectivity index (χ0v) is 13.7. The molecular weight excluding hydrogens is 323 g/mol. The van der Waals surface area contributed by atoms with E-state index < -0.39 is 0 Å². The summed E-state index contributed by atoms with van der Waals surface area (Å²) in [6.07, 6.45) is 7.30. The van der Waals surface area contributed by atoms with E-state index in [1.54, 1.807) is 12.5 Å². The van der Waals surface area contributed by atoms with Gasteiger partial charge in [-0.1, -0.05) is 6.07 Å². The van der Waals surface area contributed by atoms with Crippen LogP contribution in [-0.2, 0) is 0 Å². The van der Waals surface area contributed by atoms with E-state index in [4.69, 9.17) is 0 Å². The van der Waals surface area contributed by atoms with Crippen molar-refractivity contribution in [2.45, 2.75) is 18.9 Å². The van der Waals surface area contributed by atoms with Gasteiger partial charge in [0.2, 0.25) is 0 Å². The third-order valence-electron chi connectivity index (χ3n) is 3.59. The summed E-state index contributed by atoms with van der Waals surface area (Å²) in [7, 11) is 0. The maximum Gasteiger partial charge on any atom is 0.251 e. The highest BCUT2D eigenvalue weighted by atomic mass is 35.5. The maximum atomic E-state index is 12.3. The molecule has 7 heteroatoms. The number of halogens is 2. The van der Waals surface area contributed by atoms with Crippen molar-refractivity contribution in [1.82, 2.24) is 20.2 Å². The van der Waals surface area contributed by atoms with Gasteiger partial charge in [0.05, 0.1) is 6.33 Å². The lowest BCUT2D eigenvalue weighted by molar-refractivity contribution is 0.0929. The molecule has 120 valence electrons. The van der Waals surface area contributed by atoms with E-state index in [0.717, 1.165) is 31.6 Å². The van der Waals surface area contributed by atoms with Gasteiger partial charge in [-0.25, -0.2) is 4.98 Å². The van der Waals surface area contributed by atoms with E-state index >= 15 is 0 Å². The summed E-state index contributed by atoms with van der Waals surface area (Å²) < 4.78 is 1.89. The second-order valence-electron chi connectivity index (χ2n) is 5.02. The zero-order chi connectivity index (χ0) is 13.8. The largest absolute Gasteiger partial charge is 0.349 e. The van der Waals surface area contributed by atoms with E-state index in [9.17, 15) is 4.79 Å². The Balaban J connectivity index is 0.00000121. The van der Waals surface area contributed by atoms with Gasteiger partial charge in [-0.2, -0.15) is 0 Å². The maximum absolute atomic E-state index is 12.3. The fourth-order valence-corrected chi connectivity index (χ4v) is 2.45. The summed E-state index contributed by atoms with van der Waals surface area (Å²) >= 11 is 0. The molecule has 1 saturated heterocycles. The monoisotopic (exact) mass is 342 g/mol. The molecule has 0 atom stereocenters. The molecule has 1 aromatic carbocycles. The minimum absolute atomic E-state index is 0.